The highest BCUT2D eigenvalue weighted by Gasteiger charge is 2.20. The van der Waals surface area contributed by atoms with Crippen molar-refractivity contribution in [3.63, 3.8) is 0 Å². The van der Waals surface area contributed by atoms with Gasteiger partial charge < -0.3 is 14.1 Å². The Morgan fingerprint density at radius 2 is 1.83 bits per heavy atom. The second-order valence-electron chi connectivity index (χ2n) is 6.87. The fourth-order valence-corrected chi connectivity index (χ4v) is 3.97. The van der Waals surface area contributed by atoms with Gasteiger partial charge in [0.1, 0.15) is 5.75 Å². The normalized spacial score (nSPS) is 14.8. The topological polar surface area (TPSA) is 45.9 Å². The van der Waals surface area contributed by atoms with Gasteiger partial charge in [-0.05, 0) is 57.9 Å². The van der Waals surface area contributed by atoms with Gasteiger partial charge in [-0.15, -0.1) is 0 Å². The molecule has 0 bridgehead atoms. The highest BCUT2D eigenvalue weighted by molar-refractivity contribution is 9.10. The third kappa shape index (κ3) is 5.01. The molecule has 29 heavy (non-hydrogen) atoms. The van der Waals surface area contributed by atoms with Crippen molar-refractivity contribution in [2.75, 3.05) is 31.1 Å². The van der Waals surface area contributed by atoms with E-state index in [1.807, 2.05) is 24.3 Å². The summed E-state index contributed by atoms with van der Waals surface area (Å²) in [6, 6.07) is 16.8. The average molecular weight is 476 g/mol. The van der Waals surface area contributed by atoms with Gasteiger partial charge in [0.05, 0.1) is 12.0 Å². The van der Waals surface area contributed by atoms with Gasteiger partial charge in [-0.25, -0.2) is 4.79 Å². The summed E-state index contributed by atoms with van der Waals surface area (Å²) in [4.78, 5) is 16.9. The molecule has 2 aromatic carbocycles. The molecule has 0 aliphatic carbocycles. The average Bonchev–Trinajstić information content (AvgIpc) is 3.27. The van der Waals surface area contributed by atoms with Crippen LogP contribution in [0.15, 0.2) is 69.8 Å². The Hall–Kier alpha value is -2.28. The van der Waals surface area contributed by atoms with Crippen molar-refractivity contribution in [3.8, 4) is 5.75 Å². The van der Waals surface area contributed by atoms with Gasteiger partial charge in [0.25, 0.3) is 0 Å². The maximum Gasteiger partial charge on any atom is 0.379 e. The first kappa shape index (κ1) is 20.0. The van der Waals surface area contributed by atoms with Crippen LogP contribution in [0.4, 0.5) is 5.69 Å². The van der Waals surface area contributed by atoms with E-state index in [1.165, 1.54) is 11.8 Å². The van der Waals surface area contributed by atoms with Gasteiger partial charge in [-0.1, -0.05) is 23.7 Å². The van der Waals surface area contributed by atoms with Crippen LogP contribution in [0, 0.1) is 0 Å². The van der Waals surface area contributed by atoms with E-state index in [9.17, 15) is 4.79 Å². The maximum absolute atomic E-state index is 12.1. The summed E-state index contributed by atoms with van der Waals surface area (Å²) >= 11 is 9.59. The molecule has 1 fully saturated rings. The number of esters is 1. The molecule has 0 amide bonds. The number of halogens is 2. The Balaban J connectivity index is 1.38. The van der Waals surface area contributed by atoms with E-state index in [1.54, 1.807) is 18.2 Å². The van der Waals surface area contributed by atoms with Gasteiger partial charge in [0.15, 0.2) is 0 Å². The van der Waals surface area contributed by atoms with Gasteiger partial charge in [-0.2, -0.15) is 0 Å². The third-order valence-electron chi connectivity index (χ3n) is 4.88. The number of hydrogen-bond donors (Lipinski definition) is 0. The highest BCUT2D eigenvalue weighted by Crippen LogP contribution is 2.31. The van der Waals surface area contributed by atoms with Crippen LogP contribution in [0.2, 0.25) is 5.02 Å². The van der Waals surface area contributed by atoms with E-state index in [4.69, 9.17) is 20.8 Å². The van der Waals surface area contributed by atoms with Crippen molar-refractivity contribution in [2.24, 2.45) is 0 Å². The summed E-state index contributed by atoms with van der Waals surface area (Å²) in [5.74, 6) is 0.175. The molecule has 0 N–H and O–H groups in total. The SMILES string of the molecule is O=C(Oc1ccc(Br)c(N2CCN(Cc3ccc(Cl)cc3)CC2)c1)c1ccco1. The number of ether oxygens (including phenoxy) is 1. The summed E-state index contributed by atoms with van der Waals surface area (Å²) in [6.45, 7) is 4.59. The first-order valence-corrected chi connectivity index (χ1v) is 10.5. The quantitative estimate of drug-likeness (QED) is 0.373. The van der Waals surface area contributed by atoms with Crippen molar-refractivity contribution in [1.82, 2.24) is 4.90 Å². The summed E-state index contributed by atoms with van der Waals surface area (Å²) < 4.78 is 11.5. The Morgan fingerprint density at radius 1 is 1.07 bits per heavy atom. The molecular formula is C22H20BrClN2O3. The molecule has 0 spiro atoms. The maximum atomic E-state index is 12.1. The van der Waals surface area contributed by atoms with Crippen LogP contribution in [-0.2, 0) is 6.54 Å². The van der Waals surface area contributed by atoms with Crippen molar-refractivity contribution in [2.45, 2.75) is 6.54 Å². The van der Waals surface area contributed by atoms with Gasteiger partial charge in [0, 0.05) is 48.3 Å². The van der Waals surface area contributed by atoms with E-state index in [-0.39, 0.29) is 5.76 Å². The molecule has 0 saturated carbocycles. The van der Waals surface area contributed by atoms with Crippen LogP contribution in [0.1, 0.15) is 16.1 Å². The molecule has 1 aliphatic heterocycles. The summed E-state index contributed by atoms with van der Waals surface area (Å²) in [6.07, 6.45) is 1.45. The van der Waals surface area contributed by atoms with E-state index < -0.39 is 5.97 Å². The Labute approximate surface area is 182 Å². The minimum atomic E-state index is -0.504. The predicted molar refractivity (Wildman–Crippen MR) is 117 cm³/mol. The number of nitrogens with zero attached hydrogens (tertiary/aromatic N) is 2. The van der Waals surface area contributed by atoms with E-state index in [0.717, 1.165) is 47.9 Å². The predicted octanol–water partition coefficient (Wildman–Crippen LogP) is 5.24. The van der Waals surface area contributed by atoms with E-state index >= 15 is 0 Å². The third-order valence-corrected chi connectivity index (χ3v) is 5.81. The van der Waals surface area contributed by atoms with Crippen LogP contribution in [0.5, 0.6) is 5.75 Å². The Bertz CT molecular complexity index is 968. The lowest BCUT2D eigenvalue weighted by atomic mass is 10.2. The van der Waals surface area contributed by atoms with E-state index in [0.29, 0.717) is 5.75 Å². The summed E-state index contributed by atoms with van der Waals surface area (Å²) in [7, 11) is 0. The number of anilines is 1. The number of benzene rings is 2. The second kappa shape index (κ2) is 9.03. The van der Waals surface area contributed by atoms with E-state index in [2.05, 4.69) is 37.9 Å². The molecule has 0 radical (unpaired) electrons. The fourth-order valence-electron chi connectivity index (χ4n) is 3.35. The molecule has 5 nitrogen and oxygen atoms in total. The zero-order valence-electron chi connectivity index (χ0n) is 15.7. The van der Waals surface area contributed by atoms with Crippen molar-refractivity contribution in [1.29, 1.82) is 0 Å². The number of hydrogen-bond acceptors (Lipinski definition) is 5. The van der Waals surface area contributed by atoms with Crippen molar-refractivity contribution >= 4 is 39.2 Å². The number of rotatable bonds is 5. The highest BCUT2D eigenvalue weighted by atomic mass is 79.9. The largest absolute Gasteiger partial charge is 0.457 e. The van der Waals surface area contributed by atoms with Crippen LogP contribution in [0.3, 0.4) is 0 Å². The first-order chi connectivity index (χ1) is 14.1. The first-order valence-electron chi connectivity index (χ1n) is 9.35. The lowest BCUT2D eigenvalue weighted by Gasteiger charge is -2.36. The molecule has 3 aromatic rings. The Kier molecular flexibility index (Phi) is 6.23. The number of furan rings is 1. The molecule has 1 aromatic heterocycles. The molecule has 4 rings (SSSR count). The van der Waals surface area contributed by atoms with Crippen molar-refractivity contribution in [3.05, 3.63) is 81.7 Å². The number of carbonyl (C=O) groups is 1. The Morgan fingerprint density at radius 3 is 2.52 bits per heavy atom. The molecular weight excluding hydrogens is 456 g/mol. The molecule has 0 atom stereocenters. The fraction of sp³-hybridized carbons (Fsp3) is 0.227. The summed E-state index contributed by atoms with van der Waals surface area (Å²) in [5.41, 5.74) is 2.27. The minimum Gasteiger partial charge on any atom is -0.457 e. The van der Waals surface area contributed by atoms with Gasteiger partial charge in [0.2, 0.25) is 5.76 Å². The molecule has 1 saturated heterocycles. The van der Waals surface area contributed by atoms with Crippen LogP contribution in [0.25, 0.3) is 0 Å². The van der Waals surface area contributed by atoms with Crippen LogP contribution >= 0.6 is 27.5 Å². The lowest BCUT2D eigenvalue weighted by molar-refractivity contribution is 0.0701. The zero-order chi connectivity index (χ0) is 20.2. The van der Waals surface area contributed by atoms with Gasteiger partial charge >= 0.3 is 5.97 Å². The zero-order valence-corrected chi connectivity index (χ0v) is 18.0. The molecule has 7 heteroatoms. The lowest BCUT2D eigenvalue weighted by Crippen LogP contribution is -2.46. The monoisotopic (exact) mass is 474 g/mol. The summed E-state index contributed by atoms with van der Waals surface area (Å²) in [5, 5.41) is 0.760. The molecule has 0 unspecified atom stereocenters. The number of carbonyl (C=O) groups excluding carboxylic acids is 1. The van der Waals surface area contributed by atoms with Gasteiger partial charge in [-0.3, -0.25) is 4.90 Å². The molecule has 1 aliphatic rings. The van der Waals surface area contributed by atoms with Crippen LogP contribution < -0.4 is 9.64 Å². The minimum absolute atomic E-state index is 0.185. The smallest absolute Gasteiger partial charge is 0.379 e. The van der Waals surface area contributed by atoms with Crippen LogP contribution in [-0.4, -0.2) is 37.0 Å². The standard InChI is InChI=1S/C22H20BrClN2O3/c23-19-8-7-18(29-22(27)21-2-1-13-28-21)14-20(19)26-11-9-25(10-12-26)15-16-3-5-17(24)6-4-16/h1-8,13-14H,9-12,15H2. The van der Waals surface area contributed by atoms with Crippen molar-refractivity contribution < 1.29 is 13.9 Å². The number of piperazine rings is 1. The molecule has 2 heterocycles. The second-order valence-corrected chi connectivity index (χ2v) is 8.16. The molecule has 150 valence electrons.